The summed E-state index contributed by atoms with van der Waals surface area (Å²) in [6.45, 7) is 0.832. The van der Waals surface area contributed by atoms with Crippen molar-refractivity contribution in [2.45, 2.75) is 12.1 Å². The Kier molecular flexibility index (Phi) is 4.91. The van der Waals surface area contributed by atoms with Gasteiger partial charge in [-0.1, -0.05) is 35.9 Å². The van der Waals surface area contributed by atoms with Crippen LogP contribution in [0.5, 0.6) is 11.5 Å². The first-order valence-corrected chi connectivity index (χ1v) is 12.5. The van der Waals surface area contributed by atoms with Crippen LogP contribution in [0.25, 0.3) is 6.08 Å². The van der Waals surface area contributed by atoms with E-state index in [0.29, 0.717) is 41.0 Å². The predicted molar refractivity (Wildman–Crippen MR) is 137 cm³/mol. The average Bonchev–Trinajstić information content (AvgIpc) is 3.40. The van der Waals surface area contributed by atoms with E-state index in [1.807, 2.05) is 41.4 Å². The molecule has 0 saturated carbocycles. The summed E-state index contributed by atoms with van der Waals surface area (Å²) in [6, 6.07) is 18.2. The first-order chi connectivity index (χ1) is 18.0. The van der Waals surface area contributed by atoms with Crippen molar-refractivity contribution >= 4 is 41.0 Å². The second kappa shape index (κ2) is 8.21. The fourth-order valence-corrected chi connectivity index (χ4v) is 6.19. The van der Waals surface area contributed by atoms with Gasteiger partial charge in [0.2, 0.25) is 11.8 Å². The molecule has 8 heteroatoms. The molecule has 4 aliphatic heterocycles. The van der Waals surface area contributed by atoms with E-state index in [-0.39, 0.29) is 17.6 Å². The Morgan fingerprint density at radius 2 is 1.59 bits per heavy atom. The van der Waals surface area contributed by atoms with Gasteiger partial charge in [0.25, 0.3) is 0 Å². The number of ether oxygens (including phenoxy) is 2. The zero-order chi connectivity index (χ0) is 25.3. The number of hydrogen-bond donors (Lipinski definition) is 0. The zero-order valence-corrected chi connectivity index (χ0v) is 20.3. The van der Waals surface area contributed by atoms with E-state index in [0.717, 1.165) is 11.1 Å². The first-order valence-electron chi connectivity index (χ1n) is 12.1. The Labute approximate surface area is 217 Å². The molecule has 4 atom stereocenters. The molecule has 7 nitrogen and oxygen atoms in total. The molecule has 3 aromatic rings. The van der Waals surface area contributed by atoms with Gasteiger partial charge < -0.3 is 14.4 Å². The highest BCUT2D eigenvalue weighted by molar-refractivity contribution is 6.30. The number of benzene rings is 3. The number of fused-ring (bicyclic) bond motifs is 6. The summed E-state index contributed by atoms with van der Waals surface area (Å²) in [6.07, 6.45) is 3.78. The number of anilines is 1. The quantitative estimate of drug-likeness (QED) is 0.380. The number of ketones is 1. The summed E-state index contributed by atoms with van der Waals surface area (Å²) in [5.41, 5.74) is 2.76. The lowest BCUT2D eigenvalue weighted by Gasteiger charge is -2.35. The molecule has 0 spiro atoms. The number of carbonyl (C=O) groups is 3. The van der Waals surface area contributed by atoms with Crippen LogP contribution in [0, 0.1) is 11.8 Å². The summed E-state index contributed by atoms with van der Waals surface area (Å²) in [5.74, 6) is -1.43. The summed E-state index contributed by atoms with van der Waals surface area (Å²) in [7, 11) is 0. The lowest BCUT2D eigenvalue weighted by molar-refractivity contribution is -0.123. The van der Waals surface area contributed by atoms with Gasteiger partial charge in [-0.25, -0.2) is 4.90 Å². The number of Topliss-reactive ketones (excluding diaryl/α,β-unsaturated/α-hetero) is 1. The highest BCUT2D eigenvalue weighted by Gasteiger charge is 2.64. The third-order valence-electron chi connectivity index (χ3n) is 7.64. The van der Waals surface area contributed by atoms with Gasteiger partial charge in [-0.05, 0) is 53.6 Å². The zero-order valence-electron chi connectivity index (χ0n) is 19.5. The van der Waals surface area contributed by atoms with Crippen LogP contribution in [0.3, 0.4) is 0 Å². The summed E-state index contributed by atoms with van der Waals surface area (Å²) in [4.78, 5) is 45.1. The SMILES string of the molecule is O=C(c1ccc(Cl)cc1)[C@@H]1[C@@H]2C(=O)N(c3ccc4c(c3)OCCO4)C(=O)[C@@H]2[C@H]2c3ccccc3C=CN12. The molecule has 37 heavy (non-hydrogen) atoms. The fraction of sp³-hybridized carbons (Fsp3) is 0.207. The second-order valence-corrected chi connectivity index (χ2v) is 9.98. The van der Waals surface area contributed by atoms with Crippen molar-refractivity contribution in [3.8, 4) is 11.5 Å². The van der Waals surface area contributed by atoms with Gasteiger partial charge in [-0.15, -0.1) is 0 Å². The van der Waals surface area contributed by atoms with Crippen LogP contribution >= 0.6 is 11.6 Å². The molecule has 0 N–H and O–H groups in total. The second-order valence-electron chi connectivity index (χ2n) is 9.54. The third kappa shape index (κ3) is 3.23. The largest absolute Gasteiger partial charge is 0.486 e. The minimum atomic E-state index is -0.843. The van der Waals surface area contributed by atoms with Crippen molar-refractivity contribution in [1.82, 2.24) is 4.90 Å². The number of hydrogen-bond acceptors (Lipinski definition) is 6. The third-order valence-corrected chi connectivity index (χ3v) is 7.89. The summed E-state index contributed by atoms with van der Waals surface area (Å²) in [5, 5.41) is 0.516. The van der Waals surface area contributed by atoms with Crippen LogP contribution in [0.15, 0.2) is 72.9 Å². The lowest BCUT2D eigenvalue weighted by atomic mass is 9.83. The lowest BCUT2D eigenvalue weighted by Crippen LogP contribution is -2.44. The maximum atomic E-state index is 14.0. The van der Waals surface area contributed by atoms with Gasteiger partial charge in [0, 0.05) is 22.9 Å². The number of carbonyl (C=O) groups excluding carboxylic acids is 3. The van der Waals surface area contributed by atoms with E-state index in [4.69, 9.17) is 21.1 Å². The van der Waals surface area contributed by atoms with Crippen LogP contribution in [-0.2, 0) is 9.59 Å². The van der Waals surface area contributed by atoms with Crippen molar-refractivity contribution in [3.05, 3.63) is 94.6 Å². The van der Waals surface area contributed by atoms with Crippen LogP contribution in [0.2, 0.25) is 5.02 Å². The first kappa shape index (κ1) is 22.1. The number of halogens is 1. The molecule has 0 unspecified atom stereocenters. The van der Waals surface area contributed by atoms with Gasteiger partial charge in [0.05, 0.1) is 23.6 Å². The van der Waals surface area contributed by atoms with Crippen LogP contribution in [0.4, 0.5) is 5.69 Å². The highest BCUT2D eigenvalue weighted by Crippen LogP contribution is 2.54. The standard InChI is InChI=1S/C29H21ClN2O5/c30-18-7-5-17(6-8-18)27(33)26-24-23(25-20-4-2-1-3-16(20)11-12-31(25)26)28(34)32(29(24)35)19-9-10-21-22(15-19)37-14-13-36-21/h1-12,15,23-26H,13-14H2/t23-,24+,25+,26-/m0/s1. The van der Waals surface area contributed by atoms with E-state index in [1.165, 1.54) is 4.90 Å². The Balaban J connectivity index is 1.35. The van der Waals surface area contributed by atoms with Gasteiger partial charge in [0.15, 0.2) is 17.3 Å². The van der Waals surface area contributed by atoms with Gasteiger partial charge in [0.1, 0.15) is 19.3 Å². The monoisotopic (exact) mass is 512 g/mol. The van der Waals surface area contributed by atoms with Crippen molar-refractivity contribution in [2.75, 3.05) is 18.1 Å². The molecular weight excluding hydrogens is 492 g/mol. The van der Waals surface area contributed by atoms with Gasteiger partial charge >= 0.3 is 0 Å². The molecule has 0 aliphatic carbocycles. The molecule has 184 valence electrons. The van der Waals surface area contributed by atoms with Crippen LogP contribution in [-0.4, -0.2) is 41.8 Å². The smallest absolute Gasteiger partial charge is 0.240 e. The highest BCUT2D eigenvalue weighted by atomic mass is 35.5. The number of imide groups is 1. The molecule has 4 heterocycles. The predicted octanol–water partition coefficient (Wildman–Crippen LogP) is 4.51. The topological polar surface area (TPSA) is 76.1 Å². The van der Waals surface area contributed by atoms with Crippen molar-refractivity contribution in [2.24, 2.45) is 11.8 Å². The number of rotatable bonds is 3. The van der Waals surface area contributed by atoms with E-state index in [1.54, 1.807) is 42.5 Å². The molecule has 2 saturated heterocycles. The van der Waals surface area contributed by atoms with Crippen molar-refractivity contribution < 1.29 is 23.9 Å². The maximum absolute atomic E-state index is 14.0. The molecule has 2 amide bonds. The Morgan fingerprint density at radius 1 is 0.865 bits per heavy atom. The Morgan fingerprint density at radius 3 is 2.41 bits per heavy atom. The average molecular weight is 513 g/mol. The van der Waals surface area contributed by atoms with Crippen molar-refractivity contribution in [1.29, 1.82) is 0 Å². The molecular formula is C29H21ClN2O5. The van der Waals surface area contributed by atoms with Gasteiger partial charge in [-0.2, -0.15) is 0 Å². The summed E-state index contributed by atoms with van der Waals surface area (Å²) < 4.78 is 11.3. The molecule has 4 aliphatic rings. The van der Waals surface area contributed by atoms with Crippen molar-refractivity contribution in [3.63, 3.8) is 0 Å². The molecule has 0 radical (unpaired) electrons. The van der Waals surface area contributed by atoms with E-state index < -0.39 is 23.9 Å². The fourth-order valence-electron chi connectivity index (χ4n) is 6.07. The minimum Gasteiger partial charge on any atom is -0.486 e. The van der Waals surface area contributed by atoms with E-state index >= 15 is 0 Å². The number of nitrogens with zero attached hydrogens (tertiary/aromatic N) is 2. The van der Waals surface area contributed by atoms with Crippen LogP contribution in [0.1, 0.15) is 27.5 Å². The molecule has 3 aromatic carbocycles. The van der Waals surface area contributed by atoms with Gasteiger partial charge in [-0.3, -0.25) is 14.4 Å². The van der Waals surface area contributed by atoms with E-state index in [2.05, 4.69) is 0 Å². The molecule has 0 aromatic heterocycles. The van der Waals surface area contributed by atoms with E-state index in [9.17, 15) is 14.4 Å². The van der Waals surface area contributed by atoms with Crippen LogP contribution < -0.4 is 14.4 Å². The Bertz CT molecular complexity index is 1500. The summed E-state index contributed by atoms with van der Waals surface area (Å²) >= 11 is 6.05. The maximum Gasteiger partial charge on any atom is 0.240 e. The molecule has 0 bridgehead atoms. The Hall–Kier alpha value is -4.10. The normalized spacial score (nSPS) is 25.1. The molecule has 2 fully saturated rings. The molecule has 7 rings (SSSR count). The number of amides is 2. The minimum absolute atomic E-state index is 0.219.